The van der Waals surface area contributed by atoms with Crippen LogP contribution < -0.4 is 5.73 Å². The van der Waals surface area contributed by atoms with Crippen LogP contribution in [-0.2, 0) is 0 Å². The van der Waals surface area contributed by atoms with Gasteiger partial charge < -0.3 is 10.2 Å². The summed E-state index contributed by atoms with van der Waals surface area (Å²) in [4.78, 5) is 4.23. The zero-order chi connectivity index (χ0) is 14.4. The first-order valence-corrected chi connectivity index (χ1v) is 7.42. The SMILES string of the molecule is Nc1c(Br)cc(Br)cc1-c1nc2cc(F)cc(Cl)c2o1. The van der Waals surface area contributed by atoms with Crippen LogP contribution in [0.1, 0.15) is 0 Å². The third-order valence-corrected chi connectivity index (χ3v) is 4.13. The molecule has 2 N–H and O–H groups in total. The van der Waals surface area contributed by atoms with E-state index in [1.807, 2.05) is 6.07 Å². The van der Waals surface area contributed by atoms with Crippen molar-refractivity contribution in [3.8, 4) is 11.5 Å². The molecule has 0 unspecified atom stereocenters. The van der Waals surface area contributed by atoms with Crippen molar-refractivity contribution in [1.82, 2.24) is 4.98 Å². The second-order valence-electron chi connectivity index (χ2n) is 4.10. The maximum atomic E-state index is 13.3. The van der Waals surface area contributed by atoms with Crippen molar-refractivity contribution in [2.45, 2.75) is 0 Å². The van der Waals surface area contributed by atoms with E-state index in [-0.39, 0.29) is 10.9 Å². The van der Waals surface area contributed by atoms with E-state index in [2.05, 4.69) is 36.8 Å². The summed E-state index contributed by atoms with van der Waals surface area (Å²) in [5, 5.41) is 0.173. The van der Waals surface area contributed by atoms with Gasteiger partial charge in [-0.15, -0.1) is 0 Å². The maximum Gasteiger partial charge on any atom is 0.229 e. The molecule has 7 heteroatoms. The fraction of sp³-hybridized carbons (Fsp3) is 0. The van der Waals surface area contributed by atoms with E-state index >= 15 is 0 Å². The predicted octanol–water partition coefficient (Wildman–Crippen LogP) is 5.39. The number of anilines is 1. The number of hydrogen-bond acceptors (Lipinski definition) is 3. The summed E-state index contributed by atoms with van der Waals surface area (Å²) in [6.45, 7) is 0. The lowest BCUT2D eigenvalue weighted by Crippen LogP contribution is -1.92. The van der Waals surface area contributed by atoms with Crippen LogP contribution in [0.4, 0.5) is 10.1 Å². The molecule has 0 spiro atoms. The first-order valence-electron chi connectivity index (χ1n) is 5.46. The van der Waals surface area contributed by atoms with Gasteiger partial charge in [0.05, 0.1) is 16.3 Å². The third kappa shape index (κ3) is 2.32. The van der Waals surface area contributed by atoms with E-state index in [9.17, 15) is 4.39 Å². The van der Waals surface area contributed by atoms with Gasteiger partial charge in [-0.3, -0.25) is 0 Å². The number of hydrogen-bond donors (Lipinski definition) is 1. The molecule has 20 heavy (non-hydrogen) atoms. The van der Waals surface area contributed by atoms with Gasteiger partial charge in [0.1, 0.15) is 11.3 Å². The number of rotatable bonds is 1. The van der Waals surface area contributed by atoms with Crippen molar-refractivity contribution in [3.63, 3.8) is 0 Å². The van der Waals surface area contributed by atoms with E-state index in [4.69, 9.17) is 21.8 Å². The number of nitrogens with zero attached hydrogens (tertiary/aromatic N) is 1. The van der Waals surface area contributed by atoms with Crippen molar-refractivity contribution in [2.75, 3.05) is 5.73 Å². The Morgan fingerprint density at radius 1 is 1.20 bits per heavy atom. The Kier molecular flexibility index (Phi) is 3.48. The van der Waals surface area contributed by atoms with Crippen molar-refractivity contribution in [3.05, 3.63) is 44.1 Å². The lowest BCUT2D eigenvalue weighted by atomic mass is 10.2. The highest BCUT2D eigenvalue weighted by molar-refractivity contribution is 9.11. The van der Waals surface area contributed by atoms with Crippen LogP contribution in [0.25, 0.3) is 22.6 Å². The second-order valence-corrected chi connectivity index (χ2v) is 6.28. The van der Waals surface area contributed by atoms with Crippen LogP contribution >= 0.6 is 43.5 Å². The molecule has 0 radical (unpaired) electrons. The Balaban J connectivity index is 2.28. The monoisotopic (exact) mass is 418 g/mol. The fourth-order valence-corrected chi connectivity index (χ4v) is 3.30. The largest absolute Gasteiger partial charge is 0.434 e. The fourth-order valence-electron chi connectivity index (χ4n) is 1.84. The molecule has 1 heterocycles. The van der Waals surface area contributed by atoms with Gasteiger partial charge in [0.2, 0.25) is 5.89 Å². The summed E-state index contributed by atoms with van der Waals surface area (Å²) in [5.74, 6) is -0.183. The number of nitrogen functional groups attached to an aromatic ring is 1. The van der Waals surface area contributed by atoms with Gasteiger partial charge >= 0.3 is 0 Å². The zero-order valence-corrected chi connectivity index (χ0v) is 13.7. The molecule has 0 atom stereocenters. The molecule has 3 aromatic rings. The molecule has 102 valence electrons. The van der Waals surface area contributed by atoms with Gasteiger partial charge in [0.15, 0.2) is 5.58 Å². The summed E-state index contributed by atoms with van der Waals surface area (Å²) in [6.07, 6.45) is 0. The van der Waals surface area contributed by atoms with Crippen molar-refractivity contribution >= 4 is 60.2 Å². The van der Waals surface area contributed by atoms with Crippen LogP contribution in [0.5, 0.6) is 0 Å². The molecular formula is C13H6Br2ClFN2O. The van der Waals surface area contributed by atoms with Crippen LogP contribution in [0.2, 0.25) is 5.02 Å². The average Bonchev–Trinajstić information content (AvgIpc) is 2.77. The standard InChI is InChI=1S/C13H6Br2ClFN2O/c14-5-1-7(11(18)8(15)2-5)13-19-10-4-6(17)3-9(16)12(10)20-13/h1-4H,18H2. The van der Waals surface area contributed by atoms with E-state index in [0.29, 0.717) is 26.8 Å². The van der Waals surface area contributed by atoms with Crippen LogP contribution in [-0.4, -0.2) is 4.98 Å². The molecule has 3 nitrogen and oxygen atoms in total. The minimum absolute atomic E-state index is 0.173. The van der Waals surface area contributed by atoms with Crippen LogP contribution in [0.3, 0.4) is 0 Å². The number of fused-ring (bicyclic) bond motifs is 1. The van der Waals surface area contributed by atoms with E-state index in [0.717, 1.165) is 4.47 Å². The molecule has 0 saturated carbocycles. The number of aromatic nitrogens is 1. The first kappa shape index (κ1) is 13.9. The van der Waals surface area contributed by atoms with Crippen LogP contribution in [0, 0.1) is 5.82 Å². The minimum atomic E-state index is -0.467. The lowest BCUT2D eigenvalue weighted by Gasteiger charge is -2.04. The summed E-state index contributed by atoms with van der Waals surface area (Å²) in [6, 6.07) is 6.03. The molecule has 0 fully saturated rings. The van der Waals surface area contributed by atoms with Gasteiger partial charge in [-0.25, -0.2) is 9.37 Å². The highest BCUT2D eigenvalue weighted by Gasteiger charge is 2.16. The Morgan fingerprint density at radius 2 is 1.95 bits per heavy atom. The quantitative estimate of drug-likeness (QED) is 0.537. The second kappa shape index (κ2) is 5.02. The smallest absolute Gasteiger partial charge is 0.229 e. The molecular weight excluding hydrogens is 414 g/mol. The highest BCUT2D eigenvalue weighted by Crippen LogP contribution is 2.37. The third-order valence-electron chi connectivity index (χ3n) is 2.73. The van der Waals surface area contributed by atoms with Gasteiger partial charge in [0.25, 0.3) is 0 Å². The molecule has 1 aromatic heterocycles. The number of halogens is 4. The van der Waals surface area contributed by atoms with Gasteiger partial charge in [-0.05, 0) is 34.1 Å². The molecule has 0 saturated heterocycles. The maximum absolute atomic E-state index is 13.3. The molecule has 0 aliphatic heterocycles. The van der Waals surface area contributed by atoms with Crippen molar-refractivity contribution in [2.24, 2.45) is 0 Å². The lowest BCUT2D eigenvalue weighted by molar-refractivity contribution is 0.614. The molecule has 0 aliphatic rings. The first-order chi connectivity index (χ1) is 9.45. The molecule has 0 bridgehead atoms. The topological polar surface area (TPSA) is 52.0 Å². The van der Waals surface area contributed by atoms with Gasteiger partial charge in [0, 0.05) is 15.0 Å². The molecule has 3 rings (SSSR count). The Labute approximate surface area is 135 Å². The van der Waals surface area contributed by atoms with E-state index < -0.39 is 5.82 Å². The van der Waals surface area contributed by atoms with Crippen molar-refractivity contribution in [1.29, 1.82) is 0 Å². The van der Waals surface area contributed by atoms with Gasteiger partial charge in [-0.1, -0.05) is 27.5 Å². The van der Waals surface area contributed by atoms with E-state index in [1.54, 1.807) is 6.07 Å². The zero-order valence-electron chi connectivity index (χ0n) is 9.75. The molecule has 2 aromatic carbocycles. The summed E-state index contributed by atoms with van der Waals surface area (Å²) in [7, 11) is 0. The number of nitrogens with two attached hydrogens (primary N) is 1. The summed E-state index contributed by atoms with van der Waals surface area (Å²) >= 11 is 12.7. The Bertz CT molecular complexity index is 835. The average molecular weight is 420 g/mol. The van der Waals surface area contributed by atoms with Crippen molar-refractivity contribution < 1.29 is 8.81 Å². The summed E-state index contributed by atoms with van der Waals surface area (Å²) < 4.78 is 20.4. The van der Waals surface area contributed by atoms with Gasteiger partial charge in [-0.2, -0.15) is 0 Å². The highest BCUT2D eigenvalue weighted by atomic mass is 79.9. The summed E-state index contributed by atoms with van der Waals surface area (Å²) in [5.41, 5.74) is 7.76. The molecule has 0 aliphatic carbocycles. The minimum Gasteiger partial charge on any atom is -0.434 e. The molecule has 0 amide bonds. The number of benzene rings is 2. The number of oxazole rings is 1. The van der Waals surface area contributed by atoms with E-state index in [1.165, 1.54) is 12.1 Å². The Morgan fingerprint density at radius 3 is 2.70 bits per heavy atom. The predicted molar refractivity (Wildman–Crippen MR) is 84.2 cm³/mol. The normalized spacial score (nSPS) is 11.2. The Hall–Kier alpha value is -1.11. The van der Waals surface area contributed by atoms with Crippen LogP contribution in [0.15, 0.2) is 37.6 Å².